The van der Waals surface area contributed by atoms with Crippen molar-refractivity contribution in [1.29, 1.82) is 0 Å². The average Bonchev–Trinajstić information content (AvgIpc) is 2.60. The molecule has 3 heteroatoms. The van der Waals surface area contributed by atoms with E-state index >= 15 is 0 Å². The number of fused-ring (bicyclic) bond motifs is 2. The number of hydrogen-bond acceptors (Lipinski definition) is 3. The molecule has 0 N–H and O–H groups in total. The zero-order chi connectivity index (χ0) is 14.8. The summed E-state index contributed by atoms with van der Waals surface area (Å²) in [6, 6.07) is 13.0. The van der Waals surface area contributed by atoms with E-state index in [0.717, 1.165) is 31.8 Å². The molecule has 0 amide bonds. The summed E-state index contributed by atoms with van der Waals surface area (Å²) in [7, 11) is 6.40. The lowest BCUT2D eigenvalue weighted by Crippen LogP contribution is -2.32. The molecule has 1 atom stereocenters. The van der Waals surface area contributed by atoms with Crippen LogP contribution in [0.1, 0.15) is 12.0 Å². The first-order chi connectivity index (χ1) is 10.1. The van der Waals surface area contributed by atoms with Crippen LogP contribution in [0.4, 0.5) is 0 Å². The van der Waals surface area contributed by atoms with Crippen molar-refractivity contribution in [2.24, 2.45) is 0 Å². The van der Waals surface area contributed by atoms with Crippen molar-refractivity contribution in [1.82, 2.24) is 9.80 Å². The highest BCUT2D eigenvalue weighted by Crippen LogP contribution is 2.30. The van der Waals surface area contributed by atoms with Gasteiger partial charge < -0.3 is 9.64 Å². The standard InChI is InChI=1S/C18H24N2O/c1-19(2)9-8-17-13-20(3)12-16-10-14-6-4-5-7-15(14)11-18(16)21-17/h4-7,10-11,17H,8-9,12-13H2,1-3H3. The van der Waals surface area contributed by atoms with E-state index in [1.165, 1.54) is 16.3 Å². The van der Waals surface area contributed by atoms with Gasteiger partial charge in [-0.15, -0.1) is 0 Å². The van der Waals surface area contributed by atoms with Crippen LogP contribution in [-0.2, 0) is 6.54 Å². The number of nitrogens with zero attached hydrogens (tertiary/aromatic N) is 2. The van der Waals surface area contributed by atoms with Crippen LogP contribution < -0.4 is 4.74 Å². The molecule has 1 aliphatic rings. The van der Waals surface area contributed by atoms with Crippen molar-refractivity contribution >= 4 is 10.8 Å². The summed E-state index contributed by atoms with van der Waals surface area (Å²) in [5.74, 6) is 1.06. The van der Waals surface area contributed by atoms with Gasteiger partial charge in [-0.2, -0.15) is 0 Å². The number of benzene rings is 2. The fourth-order valence-corrected chi connectivity index (χ4v) is 2.97. The predicted molar refractivity (Wildman–Crippen MR) is 87.9 cm³/mol. The van der Waals surface area contributed by atoms with Gasteiger partial charge in [0.25, 0.3) is 0 Å². The number of rotatable bonds is 3. The largest absolute Gasteiger partial charge is 0.489 e. The quantitative estimate of drug-likeness (QED) is 0.862. The lowest BCUT2D eigenvalue weighted by Gasteiger charge is -2.22. The van der Waals surface area contributed by atoms with Gasteiger partial charge >= 0.3 is 0 Å². The van der Waals surface area contributed by atoms with Gasteiger partial charge in [0, 0.05) is 25.2 Å². The van der Waals surface area contributed by atoms with E-state index in [-0.39, 0.29) is 6.10 Å². The molecule has 0 radical (unpaired) electrons. The van der Waals surface area contributed by atoms with Crippen molar-refractivity contribution < 1.29 is 4.74 Å². The molecule has 1 unspecified atom stereocenters. The minimum absolute atomic E-state index is 0.264. The molecule has 0 fully saturated rings. The zero-order valence-corrected chi connectivity index (χ0v) is 13.2. The Morgan fingerprint density at radius 1 is 1.19 bits per heavy atom. The molecule has 2 aromatic rings. The summed E-state index contributed by atoms with van der Waals surface area (Å²) in [4.78, 5) is 4.58. The van der Waals surface area contributed by atoms with E-state index in [9.17, 15) is 0 Å². The van der Waals surface area contributed by atoms with Gasteiger partial charge in [0.1, 0.15) is 11.9 Å². The molecule has 0 spiro atoms. The van der Waals surface area contributed by atoms with Crippen molar-refractivity contribution in [3.63, 3.8) is 0 Å². The number of likely N-dealkylation sites (N-methyl/N-ethyl adjacent to an activating group) is 1. The summed E-state index contributed by atoms with van der Waals surface area (Å²) in [6.07, 6.45) is 1.32. The minimum Gasteiger partial charge on any atom is -0.489 e. The van der Waals surface area contributed by atoms with E-state index in [4.69, 9.17) is 4.74 Å². The lowest BCUT2D eigenvalue weighted by atomic mass is 10.1. The highest BCUT2D eigenvalue weighted by atomic mass is 16.5. The van der Waals surface area contributed by atoms with Gasteiger partial charge in [-0.25, -0.2) is 0 Å². The van der Waals surface area contributed by atoms with Gasteiger partial charge in [0.05, 0.1) is 0 Å². The molecule has 2 aromatic carbocycles. The summed E-state index contributed by atoms with van der Waals surface area (Å²) in [5, 5.41) is 2.55. The van der Waals surface area contributed by atoms with Crippen LogP contribution in [0.2, 0.25) is 0 Å². The maximum Gasteiger partial charge on any atom is 0.124 e. The summed E-state index contributed by atoms with van der Waals surface area (Å²) < 4.78 is 6.32. The van der Waals surface area contributed by atoms with Crippen molar-refractivity contribution in [3.05, 3.63) is 42.0 Å². The van der Waals surface area contributed by atoms with Gasteiger partial charge in [-0.3, -0.25) is 4.90 Å². The maximum atomic E-state index is 6.32. The average molecular weight is 284 g/mol. The second-order valence-electron chi connectivity index (χ2n) is 6.34. The molecule has 3 nitrogen and oxygen atoms in total. The fourth-order valence-electron chi connectivity index (χ4n) is 2.97. The maximum absolute atomic E-state index is 6.32. The lowest BCUT2D eigenvalue weighted by molar-refractivity contribution is 0.144. The topological polar surface area (TPSA) is 15.7 Å². The molecule has 21 heavy (non-hydrogen) atoms. The van der Waals surface area contributed by atoms with E-state index in [1.807, 2.05) is 0 Å². The molecule has 0 saturated carbocycles. The highest BCUT2D eigenvalue weighted by Gasteiger charge is 2.21. The van der Waals surface area contributed by atoms with Gasteiger partial charge in [-0.1, -0.05) is 24.3 Å². The number of hydrogen-bond donors (Lipinski definition) is 0. The first-order valence-corrected chi connectivity index (χ1v) is 7.63. The first kappa shape index (κ1) is 14.4. The molecular formula is C18H24N2O. The predicted octanol–water partition coefficient (Wildman–Crippen LogP) is 2.98. The molecule has 1 heterocycles. The Morgan fingerprint density at radius 3 is 2.62 bits per heavy atom. The van der Waals surface area contributed by atoms with Crippen LogP contribution in [-0.4, -0.2) is 50.1 Å². The van der Waals surface area contributed by atoms with Crippen molar-refractivity contribution in [2.75, 3.05) is 34.2 Å². The Labute approximate surface area is 127 Å². The Bertz CT molecular complexity index is 624. The fraction of sp³-hybridized carbons (Fsp3) is 0.444. The molecule has 112 valence electrons. The van der Waals surface area contributed by atoms with Crippen LogP contribution in [0, 0.1) is 0 Å². The van der Waals surface area contributed by atoms with Crippen LogP contribution >= 0.6 is 0 Å². The normalized spacial score (nSPS) is 19.3. The first-order valence-electron chi connectivity index (χ1n) is 7.63. The minimum atomic E-state index is 0.264. The van der Waals surface area contributed by atoms with Crippen LogP contribution in [0.25, 0.3) is 10.8 Å². The zero-order valence-electron chi connectivity index (χ0n) is 13.2. The van der Waals surface area contributed by atoms with E-state index < -0.39 is 0 Å². The molecule has 0 bridgehead atoms. The van der Waals surface area contributed by atoms with Crippen LogP contribution in [0.15, 0.2) is 36.4 Å². The van der Waals surface area contributed by atoms with Crippen molar-refractivity contribution in [3.8, 4) is 5.75 Å². The Kier molecular flexibility index (Phi) is 4.13. The Balaban J connectivity index is 1.90. The van der Waals surface area contributed by atoms with Crippen LogP contribution in [0.5, 0.6) is 5.75 Å². The summed E-state index contributed by atoms with van der Waals surface area (Å²) in [5.41, 5.74) is 1.29. The van der Waals surface area contributed by atoms with Gasteiger partial charge in [0.15, 0.2) is 0 Å². The monoisotopic (exact) mass is 284 g/mol. The molecule has 1 aliphatic heterocycles. The highest BCUT2D eigenvalue weighted by molar-refractivity contribution is 5.85. The number of ether oxygens (including phenoxy) is 1. The molecule has 0 aromatic heterocycles. The SMILES string of the molecule is CN(C)CCC1CN(C)Cc2cc3ccccc3cc2O1. The molecule has 3 rings (SSSR count). The van der Waals surface area contributed by atoms with E-state index in [0.29, 0.717) is 0 Å². The third-order valence-electron chi connectivity index (χ3n) is 4.08. The summed E-state index contributed by atoms with van der Waals surface area (Å²) in [6.45, 7) is 3.00. The van der Waals surface area contributed by atoms with E-state index in [2.05, 4.69) is 67.3 Å². The van der Waals surface area contributed by atoms with E-state index in [1.54, 1.807) is 0 Å². The van der Waals surface area contributed by atoms with Gasteiger partial charge in [0.2, 0.25) is 0 Å². The Hall–Kier alpha value is -1.58. The Morgan fingerprint density at radius 2 is 1.90 bits per heavy atom. The summed E-state index contributed by atoms with van der Waals surface area (Å²) >= 11 is 0. The van der Waals surface area contributed by atoms with Gasteiger partial charge in [-0.05, 0) is 50.5 Å². The van der Waals surface area contributed by atoms with Crippen LogP contribution in [0.3, 0.4) is 0 Å². The third kappa shape index (κ3) is 3.36. The second-order valence-corrected chi connectivity index (χ2v) is 6.34. The van der Waals surface area contributed by atoms with Crippen molar-refractivity contribution in [2.45, 2.75) is 19.1 Å². The third-order valence-corrected chi connectivity index (χ3v) is 4.08. The second kappa shape index (κ2) is 6.04. The molecule has 0 saturated heterocycles. The smallest absolute Gasteiger partial charge is 0.124 e. The molecular weight excluding hydrogens is 260 g/mol. The molecule has 0 aliphatic carbocycles.